The fourth-order valence-electron chi connectivity index (χ4n) is 2.09. The molecule has 0 atom stereocenters. The number of benzene rings is 2. The Bertz CT molecular complexity index is 837. The predicted molar refractivity (Wildman–Crippen MR) is 100 cm³/mol. The van der Waals surface area contributed by atoms with Crippen LogP contribution in [0.25, 0.3) is 0 Å². The third-order valence-electron chi connectivity index (χ3n) is 3.48. The van der Waals surface area contributed by atoms with Crippen LogP contribution in [0, 0.1) is 5.82 Å². The molecule has 0 heterocycles. The maximum atomic E-state index is 13.4. The van der Waals surface area contributed by atoms with Crippen molar-refractivity contribution in [1.29, 1.82) is 0 Å². The van der Waals surface area contributed by atoms with Crippen LogP contribution in [0.5, 0.6) is 0 Å². The van der Waals surface area contributed by atoms with Gasteiger partial charge in [-0.2, -0.15) is 0 Å². The van der Waals surface area contributed by atoms with Gasteiger partial charge in [0, 0.05) is 0 Å². The summed E-state index contributed by atoms with van der Waals surface area (Å²) < 4.78 is 23.8. The molecule has 3 amide bonds. The van der Waals surface area contributed by atoms with Gasteiger partial charge in [0.05, 0.1) is 24.0 Å². The Morgan fingerprint density at radius 3 is 2.36 bits per heavy atom. The summed E-state index contributed by atoms with van der Waals surface area (Å²) in [6.45, 7) is 3.62. The van der Waals surface area contributed by atoms with E-state index in [4.69, 9.17) is 9.47 Å². The van der Waals surface area contributed by atoms with Gasteiger partial charge in [0.15, 0.2) is 6.61 Å². The summed E-state index contributed by atoms with van der Waals surface area (Å²) in [6, 6.07) is 11.1. The van der Waals surface area contributed by atoms with E-state index in [1.165, 1.54) is 24.3 Å². The number of anilines is 1. The van der Waals surface area contributed by atoms with E-state index in [0.717, 1.165) is 5.56 Å². The molecule has 0 aliphatic heterocycles. The molecule has 7 nitrogen and oxygen atoms in total. The first-order valence-corrected chi connectivity index (χ1v) is 8.58. The fraction of sp³-hybridized carbons (Fsp3) is 0.250. The molecule has 0 fully saturated rings. The van der Waals surface area contributed by atoms with Crippen LogP contribution in [0.15, 0.2) is 48.5 Å². The Kier molecular flexibility index (Phi) is 7.65. The lowest BCUT2D eigenvalue weighted by molar-refractivity contribution is -0.123. The van der Waals surface area contributed by atoms with E-state index < -0.39 is 30.3 Å². The predicted octanol–water partition coefficient (Wildman–Crippen LogP) is 3.26. The smallest absolute Gasteiger partial charge is 0.338 e. The van der Waals surface area contributed by atoms with Crippen molar-refractivity contribution in [3.63, 3.8) is 0 Å². The summed E-state index contributed by atoms with van der Waals surface area (Å²) >= 11 is 0. The first-order chi connectivity index (χ1) is 13.3. The second-order valence-corrected chi connectivity index (χ2v) is 6.11. The largest absolute Gasteiger partial charge is 0.452 e. The number of esters is 1. The fourth-order valence-corrected chi connectivity index (χ4v) is 2.09. The van der Waals surface area contributed by atoms with Crippen molar-refractivity contribution >= 4 is 23.6 Å². The van der Waals surface area contributed by atoms with E-state index in [9.17, 15) is 18.8 Å². The molecule has 2 aromatic carbocycles. The van der Waals surface area contributed by atoms with Gasteiger partial charge in [0.1, 0.15) is 5.82 Å². The van der Waals surface area contributed by atoms with Crippen molar-refractivity contribution in [2.24, 2.45) is 0 Å². The van der Waals surface area contributed by atoms with Crippen LogP contribution in [-0.2, 0) is 20.9 Å². The molecule has 0 unspecified atom stereocenters. The van der Waals surface area contributed by atoms with E-state index in [1.807, 2.05) is 19.2 Å². The number of amides is 3. The lowest BCUT2D eigenvalue weighted by Gasteiger charge is -2.09. The monoisotopic (exact) mass is 388 g/mol. The molecule has 8 heteroatoms. The van der Waals surface area contributed by atoms with E-state index in [0.29, 0.717) is 6.61 Å². The molecule has 2 N–H and O–H groups in total. The lowest BCUT2D eigenvalue weighted by atomic mass is 10.1. The standard InChI is InChI=1S/C20H21FN2O5/c1-13(2)27-11-14-7-9-15(10-8-14)19(25)28-12-18(24)23-20(26)22-17-6-4-3-5-16(17)21/h3-10,13H,11-12H2,1-2H3,(H2,22,23,24,26). The molecule has 0 aliphatic rings. The highest BCUT2D eigenvalue weighted by Gasteiger charge is 2.13. The first-order valence-electron chi connectivity index (χ1n) is 8.58. The molecule has 0 bridgehead atoms. The highest BCUT2D eigenvalue weighted by molar-refractivity contribution is 6.02. The Morgan fingerprint density at radius 1 is 1.04 bits per heavy atom. The molecule has 0 aliphatic carbocycles. The SMILES string of the molecule is CC(C)OCc1ccc(C(=O)OCC(=O)NC(=O)Nc2ccccc2F)cc1. The van der Waals surface area contributed by atoms with Gasteiger partial charge in [0.2, 0.25) is 0 Å². The minimum atomic E-state index is -0.930. The quantitative estimate of drug-likeness (QED) is 0.710. The molecular formula is C20H21FN2O5. The molecule has 2 rings (SSSR count). The van der Waals surface area contributed by atoms with Gasteiger partial charge in [-0.15, -0.1) is 0 Å². The van der Waals surface area contributed by atoms with Crippen molar-refractivity contribution in [1.82, 2.24) is 5.32 Å². The van der Waals surface area contributed by atoms with Crippen LogP contribution in [0.1, 0.15) is 29.8 Å². The zero-order valence-corrected chi connectivity index (χ0v) is 15.5. The number of hydrogen-bond donors (Lipinski definition) is 2. The van der Waals surface area contributed by atoms with E-state index in [-0.39, 0.29) is 17.4 Å². The van der Waals surface area contributed by atoms with Crippen LogP contribution in [-0.4, -0.2) is 30.6 Å². The Labute approximate surface area is 161 Å². The van der Waals surface area contributed by atoms with Crippen LogP contribution in [0.3, 0.4) is 0 Å². The van der Waals surface area contributed by atoms with Gasteiger partial charge < -0.3 is 14.8 Å². The Balaban J connectivity index is 1.78. The van der Waals surface area contributed by atoms with Gasteiger partial charge >= 0.3 is 12.0 Å². The van der Waals surface area contributed by atoms with Crippen LogP contribution in [0.2, 0.25) is 0 Å². The number of rotatable bonds is 7. The first kappa shape index (κ1) is 21.0. The number of urea groups is 1. The van der Waals surface area contributed by atoms with Crippen molar-refractivity contribution in [3.05, 3.63) is 65.5 Å². The number of hydrogen-bond acceptors (Lipinski definition) is 5. The average molecular weight is 388 g/mol. The summed E-state index contributed by atoms with van der Waals surface area (Å²) in [7, 11) is 0. The summed E-state index contributed by atoms with van der Waals surface area (Å²) in [6.07, 6.45) is 0.0961. The molecular weight excluding hydrogens is 367 g/mol. The second-order valence-electron chi connectivity index (χ2n) is 6.11. The van der Waals surface area contributed by atoms with Crippen molar-refractivity contribution in [2.75, 3.05) is 11.9 Å². The van der Waals surface area contributed by atoms with Gasteiger partial charge in [-0.25, -0.2) is 14.0 Å². The topological polar surface area (TPSA) is 93.7 Å². The summed E-state index contributed by atoms with van der Waals surface area (Å²) in [5.41, 5.74) is 1.08. The van der Waals surface area contributed by atoms with Gasteiger partial charge in [-0.05, 0) is 43.7 Å². The summed E-state index contributed by atoms with van der Waals surface area (Å²) in [5.74, 6) is -2.19. The van der Waals surface area contributed by atoms with Gasteiger partial charge in [-0.1, -0.05) is 24.3 Å². The number of ether oxygens (including phenoxy) is 2. The number of nitrogens with one attached hydrogen (secondary N) is 2. The Morgan fingerprint density at radius 2 is 1.71 bits per heavy atom. The molecule has 2 aromatic rings. The minimum Gasteiger partial charge on any atom is -0.452 e. The maximum Gasteiger partial charge on any atom is 0.338 e. The van der Waals surface area contributed by atoms with Crippen molar-refractivity contribution < 1.29 is 28.2 Å². The van der Waals surface area contributed by atoms with Crippen LogP contribution in [0.4, 0.5) is 14.9 Å². The van der Waals surface area contributed by atoms with E-state index in [2.05, 4.69) is 5.32 Å². The van der Waals surface area contributed by atoms with Gasteiger partial charge in [0.25, 0.3) is 5.91 Å². The van der Waals surface area contributed by atoms with Gasteiger partial charge in [-0.3, -0.25) is 10.1 Å². The van der Waals surface area contributed by atoms with E-state index in [1.54, 1.807) is 24.3 Å². The third kappa shape index (κ3) is 6.81. The number of imide groups is 1. The molecule has 28 heavy (non-hydrogen) atoms. The molecule has 148 valence electrons. The molecule has 0 saturated heterocycles. The zero-order chi connectivity index (χ0) is 20.5. The van der Waals surface area contributed by atoms with Crippen LogP contribution >= 0.6 is 0 Å². The molecule has 0 radical (unpaired) electrons. The zero-order valence-electron chi connectivity index (χ0n) is 15.5. The molecule has 0 saturated carbocycles. The maximum absolute atomic E-state index is 13.4. The second kappa shape index (κ2) is 10.2. The molecule has 0 aromatic heterocycles. The lowest BCUT2D eigenvalue weighted by Crippen LogP contribution is -2.37. The number of para-hydroxylation sites is 1. The third-order valence-corrected chi connectivity index (χ3v) is 3.48. The number of carbonyl (C=O) groups is 3. The van der Waals surface area contributed by atoms with E-state index >= 15 is 0 Å². The Hall–Kier alpha value is -3.26. The number of halogens is 1. The van der Waals surface area contributed by atoms with Crippen molar-refractivity contribution in [2.45, 2.75) is 26.6 Å². The highest BCUT2D eigenvalue weighted by Crippen LogP contribution is 2.12. The normalized spacial score (nSPS) is 10.4. The summed E-state index contributed by atoms with van der Waals surface area (Å²) in [5, 5.41) is 4.14. The van der Waals surface area contributed by atoms with Crippen LogP contribution < -0.4 is 10.6 Å². The van der Waals surface area contributed by atoms with Crippen molar-refractivity contribution in [3.8, 4) is 0 Å². The highest BCUT2D eigenvalue weighted by atomic mass is 19.1. The summed E-state index contributed by atoms with van der Waals surface area (Å²) in [4.78, 5) is 35.3. The average Bonchev–Trinajstić information content (AvgIpc) is 2.66. The number of carbonyl (C=O) groups excluding carboxylic acids is 3. The molecule has 0 spiro atoms. The minimum absolute atomic E-state index is 0.0775.